The number of carbonyl (C=O) groups excluding carboxylic acids is 1. The van der Waals surface area contributed by atoms with Gasteiger partial charge in [0.25, 0.3) is 0 Å². The Labute approximate surface area is 134 Å². The lowest BCUT2D eigenvalue weighted by molar-refractivity contribution is -0.166. The monoisotopic (exact) mass is 354 g/mol. The average Bonchev–Trinajstić information content (AvgIpc) is 2.43. The number of hydrogen-bond acceptors (Lipinski definition) is 3. The van der Waals surface area contributed by atoms with Gasteiger partial charge >= 0.3 is 0 Å². The van der Waals surface area contributed by atoms with E-state index >= 15 is 0 Å². The molecule has 1 aromatic rings. The Morgan fingerprint density at radius 2 is 2.19 bits per heavy atom. The predicted octanol–water partition coefficient (Wildman–Crippen LogP) is 3.23. The van der Waals surface area contributed by atoms with Crippen LogP contribution >= 0.6 is 15.9 Å². The summed E-state index contributed by atoms with van der Waals surface area (Å²) in [6.45, 7) is 8.55. The average molecular weight is 355 g/mol. The number of amides is 1. The van der Waals surface area contributed by atoms with Crippen molar-refractivity contribution in [2.75, 3.05) is 11.9 Å². The number of carbonyl (C=O) groups is 1. The molecule has 1 aliphatic rings. The number of hydrogen-bond donors (Lipinski definition) is 2. The minimum absolute atomic E-state index is 0.0270. The normalized spacial score (nSPS) is 27.0. The van der Waals surface area contributed by atoms with Gasteiger partial charge in [-0.25, -0.2) is 0 Å². The van der Waals surface area contributed by atoms with Crippen LogP contribution < -0.4 is 11.1 Å². The molecule has 2 unspecified atom stereocenters. The molecular formula is C16H23BrN2O2. The maximum absolute atomic E-state index is 12.6. The van der Waals surface area contributed by atoms with Crippen LogP contribution in [0.4, 0.5) is 5.69 Å². The van der Waals surface area contributed by atoms with Crippen molar-refractivity contribution in [2.45, 2.75) is 45.8 Å². The van der Waals surface area contributed by atoms with E-state index in [1.807, 2.05) is 45.9 Å². The minimum atomic E-state index is -0.907. The van der Waals surface area contributed by atoms with Gasteiger partial charge in [-0.15, -0.1) is 0 Å². The molecule has 0 heterocycles. The van der Waals surface area contributed by atoms with Crippen LogP contribution in [0, 0.1) is 12.3 Å². The molecule has 1 fully saturated rings. The summed E-state index contributed by atoms with van der Waals surface area (Å²) in [5, 5.41) is 2.95. The first-order chi connectivity index (χ1) is 9.74. The lowest BCUT2D eigenvalue weighted by atomic mass is 9.54. The first-order valence-corrected chi connectivity index (χ1v) is 8.00. The molecule has 1 amide bonds. The largest absolute Gasteiger partial charge is 0.378 e. The third kappa shape index (κ3) is 2.62. The van der Waals surface area contributed by atoms with Gasteiger partial charge in [-0.3, -0.25) is 4.79 Å². The number of nitrogens with one attached hydrogen (secondary N) is 1. The summed E-state index contributed by atoms with van der Waals surface area (Å²) in [7, 11) is 0. The zero-order chi connectivity index (χ0) is 15.8. The van der Waals surface area contributed by atoms with Crippen LogP contribution in [0.5, 0.6) is 0 Å². The SMILES string of the molecule is CCOC1CC(N)(C(=O)Nc2cccc(C)c2Br)C1(C)C. The zero-order valence-corrected chi connectivity index (χ0v) is 14.6. The second kappa shape index (κ2) is 5.71. The number of aryl methyl sites for hydroxylation is 1. The molecule has 3 N–H and O–H groups in total. The summed E-state index contributed by atoms with van der Waals surface area (Å²) in [4.78, 5) is 12.6. The van der Waals surface area contributed by atoms with Gasteiger partial charge in [0, 0.05) is 22.9 Å². The molecule has 5 heteroatoms. The molecule has 2 atom stereocenters. The van der Waals surface area contributed by atoms with E-state index in [1.54, 1.807) is 0 Å². The van der Waals surface area contributed by atoms with Crippen LogP contribution in [-0.2, 0) is 9.53 Å². The lowest BCUT2D eigenvalue weighted by Gasteiger charge is -2.57. The van der Waals surface area contributed by atoms with Gasteiger partial charge < -0.3 is 15.8 Å². The molecule has 0 spiro atoms. The standard InChI is InChI=1S/C16H23BrN2O2/c1-5-21-12-9-16(18,15(12,3)4)14(20)19-11-8-6-7-10(2)13(11)17/h6-8,12H,5,9,18H2,1-4H3,(H,19,20). The molecule has 0 bridgehead atoms. The van der Waals surface area contributed by atoms with Crippen LogP contribution in [0.3, 0.4) is 0 Å². The summed E-state index contributed by atoms with van der Waals surface area (Å²) in [6, 6.07) is 5.76. The number of halogens is 1. The van der Waals surface area contributed by atoms with Crippen LogP contribution in [-0.4, -0.2) is 24.2 Å². The molecule has 1 aliphatic carbocycles. The Morgan fingerprint density at radius 3 is 2.76 bits per heavy atom. The Balaban J connectivity index is 2.16. The summed E-state index contributed by atoms with van der Waals surface area (Å²) < 4.78 is 6.55. The third-order valence-corrected chi connectivity index (χ3v) is 5.73. The van der Waals surface area contributed by atoms with E-state index in [9.17, 15) is 4.79 Å². The highest BCUT2D eigenvalue weighted by atomic mass is 79.9. The summed E-state index contributed by atoms with van der Waals surface area (Å²) in [5.41, 5.74) is 6.90. The predicted molar refractivity (Wildman–Crippen MR) is 88.2 cm³/mol. The van der Waals surface area contributed by atoms with Gasteiger partial charge in [-0.05, 0) is 41.4 Å². The molecule has 21 heavy (non-hydrogen) atoms. The first kappa shape index (κ1) is 16.5. The fourth-order valence-electron chi connectivity index (χ4n) is 2.80. The molecule has 0 aromatic heterocycles. The smallest absolute Gasteiger partial charge is 0.245 e. The number of nitrogens with two attached hydrogens (primary N) is 1. The molecule has 0 aliphatic heterocycles. The molecule has 4 nitrogen and oxygen atoms in total. The number of ether oxygens (including phenoxy) is 1. The molecule has 0 saturated heterocycles. The Kier molecular flexibility index (Phi) is 4.47. The second-order valence-corrected chi connectivity index (χ2v) is 7.02. The Bertz CT molecular complexity index is 559. The van der Waals surface area contributed by atoms with Crippen molar-refractivity contribution in [1.82, 2.24) is 0 Å². The second-order valence-electron chi connectivity index (χ2n) is 6.23. The third-order valence-electron chi connectivity index (χ3n) is 4.68. The van der Waals surface area contributed by atoms with Crippen LogP contribution in [0.15, 0.2) is 22.7 Å². The van der Waals surface area contributed by atoms with Crippen molar-refractivity contribution >= 4 is 27.5 Å². The van der Waals surface area contributed by atoms with Gasteiger partial charge in [0.2, 0.25) is 5.91 Å². The summed E-state index contributed by atoms with van der Waals surface area (Å²) in [5.74, 6) is -0.158. The fraction of sp³-hybridized carbons (Fsp3) is 0.562. The fourth-order valence-corrected chi connectivity index (χ4v) is 3.16. The Hall–Kier alpha value is -0.910. The van der Waals surface area contributed by atoms with E-state index in [2.05, 4.69) is 21.2 Å². The Morgan fingerprint density at radius 1 is 1.52 bits per heavy atom. The van der Waals surface area contributed by atoms with E-state index in [-0.39, 0.29) is 17.4 Å². The van der Waals surface area contributed by atoms with Crippen LogP contribution in [0.1, 0.15) is 32.8 Å². The number of anilines is 1. The van der Waals surface area contributed by atoms with Gasteiger partial charge in [-0.1, -0.05) is 26.0 Å². The first-order valence-electron chi connectivity index (χ1n) is 7.21. The van der Waals surface area contributed by atoms with E-state index in [1.165, 1.54) is 0 Å². The van der Waals surface area contributed by atoms with Crippen molar-refractivity contribution in [3.63, 3.8) is 0 Å². The molecule has 1 aromatic carbocycles. The van der Waals surface area contributed by atoms with Crippen molar-refractivity contribution in [2.24, 2.45) is 11.1 Å². The van der Waals surface area contributed by atoms with Gasteiger partial charge in [0.05, 0.1) is 11.8 Å². The van der Waals surface area contributed by atoms with Crippen LogP contribution in [0.2, 0.25) is 0 Å². The quantitative estimate of drug-likeness (QED) is 0.872. The van der Waals surface area contributed by atoms with E-state index in [0.29, 0.717) is 13.0 Å². The van der Waals surface area contributed by atoms with E-state index in [0.717, 1.165) is 15.7 Å². The molecule has 0 radical (unpaired) electrons. The lowest BCUT2D eigenvalue weighted by Crippen LogP contribution is -2.74. The molecule has 116 valence electrons. The number of rotatable bonds is 4. The maximum Gasteiger partial charge on any atom is 0.245 e. The van der Waals surface area contributed by atoms with Crippen molar-refractivity contribution in [1.29, 1.82) is 0 Å². The zero-order valence-electron chi connectivity index (χ0n) is 13.0. The highest BCUT2D eigenvalue weighted by molar-refractivity contribution is 9.10. The van der Waals surface area contributed by atoms with E-state index in [4.69, 9.17) is 10.5 Å². The minimum Gasteiger partial charge on any atom is -0.378 e. The van der Waals surface area contributed by atoms with Crippen molar-refractivity contribution < 1.29 is 9.53 Å². The molecule has 2 rings (SSSR count). The van der Waals surface area contributed by atoms with Crippen molar-refractivity contribution in [3.8, 4) is 0 Å². The summed E-state index contributed by atoms with van der Waals surface area (Å²) in [6.07, 6.45) is 0.572. The van der Waals surface area contributed by atoms with Gasteiger partial charge in [0.1, 0.15) is 5.54 Å². The van der Waals surface area contributed by atoms with Crippen molar-refractivity contribution in [3.05, 3.63) is 28.2 Å². The van der Waals surface area contributed by atoms with Crippen LogP contribution in [0.25, 0.3) is 0 Å². The summed E-state index contributed by atoms with van der Waals surface area (Å²) >= 11 is 3.50. The highest BCUT2D eigenvalue weighted by Gasteiger charge is 2.62. The van der Waals surface area contributed by atoms with Gasteiger partial charge in [-0.2, -0.15) is 0 Å². The maximum atomic E-state index is 12.6. The number of benzene rings is 1. The topological polar surface area (TPSA) is 64.3 Å². The van der Waals surface area contributed by atoms with E-state index < -0.39 is 5.54 Å². The van der Waals surface area contributed by atoms with Gasteiger partial charge in [0.15, 0.2) is 0 Å². The highest BCUT2D eigenvalue weighted by Crippen LogP contribution is 2.50. The molecular weight excluding hydrogens is 332 g/mol. The molecule has 1 saturated carbocycles.